The monoisotopic (exact) mass is 233 g/mol. The Hall–Kier alpha value is -1.50. The summed E-state index contributed by atoms with van der Waals surface area (Å²) in [5.41, 5.74) is 0.249. The quantitative estimate of drug-likeness (QED) is 0.594. The van der Waals surface area contributed by atoms with Gasteiger partial charge in [-0.1, -0.05) is 12.8 Å². The topological polar surface area (TPSA) is 56.1 Å². The van der Waals surface area contributed by atoms with E-state index in [1.807, 2.05) is 6.07 Å². The maximum atomic E-state index is 11.9. The van der Waals surface area contributed by atoms with Gasteiger partial charge in [0.15, 0.2) is 0 Å². The van der Waals surface area contributed by atoms with Crippen LogP contribution < -0.4 is 5.32 Å². The minimum atomic E-state index is -0.202. The molecule has 1 saturated carbocycles. The van der Waals surface area contributed by atoms with E-state index in [9.17, 15) is 4.79 Å². The molecule has 4 nitrogen and oxygen atoms in total. The van der Waals surface area contributed by atoms with Crippen molar-refractivity contribution in [2.24, 2.45) is 0 Å². The van der Waals surface area contributed by atoms with E-state index in [4.69, 9.17) is 5.26 Å². The molecule has 0 aromatic heterocycles. The maximum Gasteiger partial charge on any atom is 0.263 e. The number of hydrogen-bond donors (Lipinski definition) is 1. The van der Waals surface area contributed by atoms with Crippen molar-refractivity contribution >= 4 is 5.91 Å². The number of amides is 1. The highest BCUT2D eigenvalue weighted by molar-refractivity contribution is 5.97. The van der Waals surface area contributed by atoms with Crippen LogP contribution in [0.2, 0.25) is 0 Å². The lowest BCUT2D eigenvalue weighted by molar-refractivity contribution is -0.117. The predicted molar refractivity (Wildman–Crippen MR) is 64.9 cm³/mol. The van der Waals surface area contributed by atoms with E-state index in [1.54, 1.807) is 6.20 Å². The first-order valence-corrected chi connectivity index (χ1v) is 6.46. The third kappa shape index (κ3) is 3.23. The summed E-state index contributed by atoms with van der Waals surface area (Å²) in [7, 11) is 0. The molecule has 2 rings (SSSR count). The van der Waals surface area contributed by atoms with Crippen molar-refractivity contribution in [1.82, 2.24) is 10.2 Å². The zero-order valence-corrected chi connectivity index (χ0v) is 10.1. The van der Waals surface area contributed by atoms with Crippen LogP contribution in [-0.4, -0.2) is 29.9 Å². The molecule has 0 aromatic carbocycles. The number of rotatable bonds is 3. The highest BCUT2D eigenvalue weighted by Crippen LogP contribution is 2.18. The Morgan fingerprint density at radius 1 is 1.24 bits per heavy atom. The third-order valence-corrected chi connectivity index (χ3v) is 3.51. The van der Waals surface area contributed by atoms with Gasteiger partial charge in [-0.2, -0.15) is 5.26 Å². The summed E-state index contributed by atoms with van der Waals surface area (Å²) in [5, 5.41) is 12.0. The van der Waals surface area contributed by atoms with Gasteiger partial charge in [-0.3, -0.25) is 4.79 Å². The van der Waals surface area contributed by atoms with Crippen LogP contribution in [0.5, 0.6) is 0 Å². The normalized spacial score (nSPS) is 21.6. The number of nitrogens with one attached hydrogen (secondary N) is 1. The van der Waals surface area contributed by atoms with E-state index in [0.29, 0.717) is 0 Å². The molecule has 17 heavy (non-hydrogen) atoms. The molecule has 2 aliphatic rings. The number of nitrogens with zero attached hydrogens (tertiary/aromatic N) is 2. The number of nitriles is 1. The molecular weight excluding hydrogens is 214 g/mol. The van der Waals surface area contributed by atoms with Gasteiger partial charge in [0.05, 0.1) is 0 Å². The minimum absolute atomic E-state index is 0.202. The van der Waals surface area contributed by atoms with Crippen LogP contribution >= 0.6 is 0 Å². The first kappa shape index (κ1) is 12.0. The van der Waals surface area contributed by atoms with Crippen LogP contribution in [0, 0.1) is 11.3 Å². The smallest absolute Gasteiger partial charge is 0.263 e. The van der Waals surface area contributed by atoms with Crippen LogP contribution in [0.3, 0.4) is 0 Å². The molecule has 1 amide bonds. The van der Waals surface area contributed by atoms with Crippen LogP contribution in [0.25, 0.3) is 0 Å². The molecule has 4 heteroatoms. The van der Waals surface area contributed by atoms with Crippen LogP contribution in [-0.2, 0) is 4.79 Å². The second kappa shape index (κ2) is 5.72. The summed E-state index contributed by atoms with van der Waals surface area (Å²) < 4.78 is 0. The lowest BCUT2D eigenvalue weighted by Crippen LogP contribution is -2.34. The molecule has 1 aliphatic carbocycles. The molecule has 0 unspecified atom stereocenters. The van der Waals surface area contributed by atoms with Gasteiger partial charge in [0.2, 0.25) is 0 Å². The SMILES string of the molecule is N#C/C(=C/N1CCCC1)C(=O)NC1CCCC1. The summed E-state index contributed by atoms with van der Waals surface area (Å²) in [4.78, 5) is 14.0. The zero-order valence-electron chi connectivity index (χ0n) is 10.1. The van der Waals surface area contributed by atoms with Crippen molar-refractivity contribution in [2.45, 2.75) is 44.6 Å². The summed E-state index contributed by atoms with van der Waals surface area (Å²) in [5.74, 6) is -0.202. The second-order valence-corrected chi connectivity index (χ2v) is 4.85. The van der Waals surface area contributed by atoms with Crippen molar-refractivity contribution in [1.29, 1.82) is 5.26 Å². The Bertz CT molecular complexity index is 344. The van der Waals surface area contributed by atoms with E-state index in [2.05, 4.69) is 10.2 Å². The van der Waals surface area contributed by atoms with Gasteiger partial charge >= 0.3 is 0 Å². The molecule has 0 atom stereocenters. The highest BCUT2D eigenvalue weighted by Gasteiger charge is 2.20. The van der Waals surface area contributed by atoms with E-state index in [1.165, 1.54) is 12.8 Å². The minimum Gasteiger partial charge on any atom is -0.376 e. The lowest BCUT2D eigenvalue weighted by atomic mass is 10.2. The molecule has 0 aromatic rings. The van der Waals surface area contributed by atoms with E-state index >= 15 is 0 Å². The Morgan fingerprint density at radius 2 is 1.88 bits per heavy atom. The third-order valence-electron chi connectivity index (χ3n) is 3.51. The van der Waals surface area contributed by atoms with Gasteiger partial charge < -0.3 is 10.2 Å². The lowest BCUT2D eigenvalue weighted by Gasteiger charge is -2.14. The Morgan fingerprint density at radius 3 is 2.47 bits per heavy atom. The molecule has 0 radical (unpaired) electrons. The van der Waals surface area contributed by atoms with Gasteiger partial charge in [-0.15, -0.1) is 0 Å². The van der Waals surface area contributed by atoms with Crippen molar-refractivity contribution in [2.75, 3.05) is 13.1 Å². The molecule has 2 fully saturated rings. The Labute approximate surface area is 102 Å². The average Bonchev–Trinajstić information content (AvgIpc) is 2.97. The van der Waals surface area contributed by atoms with E-state index in [0.717, 1.165) is 38.8 Å². The summed E-state index contributed by atoms with van der Waals surface area (Å²) in [6.07, 6.45) is 8.49. The standard InChI is InChI=1S/C13H19N3O/c14-9-11(10-16-7-3-4-8-16)13(17)15-12-5-1-2-6-12/h10,12H,1-8H2,(H,15,17)/b11-10-. The van der Waals surface area contributed by atoms with Gasteiger partial charge in [-0.25, -0.2) is 0 Å². The number of carbonyl (C=O) groups is 1. The van der Waals surface area contributed by atoms with E-state index < -0.39 is 0 Å². The maximum absolute atomic E-state index is 11.9. The molecule has 1 saturated heterocycles. The van der Waals surface area contributed by atoms with Crippen molar-refractivity contribution in [3.05, 3.63) is 11.8 Å². The fraction of sp³-hybridized carbons (Fsp3) is 0.692. The molecule has 1 heterocycles. The van der Waals surface area contributed by atoms with Crippen molar-refractivity contribution in [3.8, 4) is 6.07 Å². The van der Waals surface area contributed by atoms with Crippen LogP contribution in [0.4, 0.5) is 0 Å². The fourth-order valence-electron chi connectivity index (χ4n) is 2.52. The summed E-state index contributed by atoms with van der Waals surface area (Å²) >= 11 is 0. The van der Waals surface area contributed by atoms with Crippen molar-refractivity contribution < 1.29 is 4.79 Å². The number of carbonyl (C=O) groups excluding carboxylic acids is 1. The Kier molecular flexibility index (Phi) is 4.03. The first-order chi connectivity index (χ1) is 8.29. The summed E-state index contributed by atoms with van der Waals surface area (Å²) in [6.45, 7) is 1.92. The second-order valence-electron chi connectivity index (χ2n) is 4.85. The van der Waals surface area contributed by atoms with Gasteiger partial charge in [-0.05, 0) is 25.7 Å². The van der Waals surface area contributed by atoms with Gasteiger partial charge in [0.1, 0.15) is 11.6 Å². The Balaban J connectivity index is 1.92. The molecule has 0 spiro atoms. The average molecular weight is 233 g/mol. The number of hydrogen-bond acceptors (Lipinski definition) is 3. The molecular formula is C13H19N3O. The summed E-state index contributed by atoms with van der Waals surface area (Å²) in [6, 6.07) is 2.29. The first-order valence-electron chi connectivity index (χ1n) is 6.46. The highest BCUT2D eigenvalue weighted by atomic mass is 16.1. The largest absolute Gasteiger partial charge is 0.376 e. The molecule has 92 valence electrons. The zero-order chi connectivity index (χ0) is 12.1. The fourth-order valence-corrected chi connectivity index (χ4v) is 2.52. The predicted octanol–water partition coefficient (Wildman–Crippen LogP) is 1.55. The van der Waals surface area contributed by atoms with E-state index in [-0.39, 0.29) is 17.5 Å². The van der Waals surface area contributed by atoms with Crippen molar-refractivity contribution in [3.63, 3.8) is 0 Å². The molecule has 1 aliphatic heterocycles. The molecule has 1 N–H and O–H groups in total. The van der Waals surface area contributed by atoms with Crippen LogP contribution in [0.1, 0.15) is 38.5 Å². The van der Waals surface area contributed by atoms with Crippen LogP contribution in [0.15, 0.2) is 11.8 Å². The molecule has 0 bridgehead atoms. The van der Waals surface area contributed by atoms with Gasteiger partial charge in [0, 0.05) is 25.3 Å². The number of likely N-dealkylation sites (tertiary alicyclic amines) is 1. The van der Waals surface area contributed by atoms with Gasteiger partial charge in [0.25, 0.3) is 5.91 Å².